The molecule has 2 heterocycles. The van der Waals surface area contributed by atoms with E-state index >= 15 is 0 Å². The van der Waals surface area contributed by atoms with Crippen LogP contribution in [0.5, 0.6) is 0 Å². The lowest BCUT2D eigenvalue weighted by Gasteiger charge is -2.03. The van der Waals surface area contributed by atoms with E-state index in [9.17, 15) is 13.2 Å². The van der Waals surface area contributed by atoms with Crippen LogP contribution in [0.2, 0.25) is 0 Å². The second-order valence-corrected chi connectivity index (χ2v) is 3.15. The molecule has 0 saturated heterocycles. The van der Waals surface area contributed by atoms with Crippen molar-refractivity contribution in [1.29, 1.82) is 0 Å². The Balaban J connectivity index is 2.55. The first-order valence-electron chi connectivity index (χ1n) is 3.99. The monoisotopic (exact) mass is 235 g/mol. The van der Waals surface area contributed by atoms with Gasteiger partial charge >= 0.3 is 6.18 Å². The maximum atomic E-state index is 12.3. The first kappa shape index (κ1) is 10.2. The molecule has 2 aromatic heterocycles. The van der Waals surface area contributed by atoms with Crippen LogP contribution in [-0.4, -0.2) is 15.0 Å². The van der Waals surface area contributed by atoms with Crippen LogP contribution in [0.3, 0.4) is 0 Å². The Kier molecular flexibility index (Phi) is 2.30. The summed E-state index contributed by atoms with van der Waals surface area (Å²) < 4.78 is 36.8. The topological polar surface area (TPSA) is 41.6 Å². The molecule has 0 amide bonds. The van der Waals surface area contributed by atoms with E-state index in [0.717, 1.165) is 6.07 Å². The van der Waals surface area contributed by atoms with Gasteiger partial charge in [-0.05, 0) is 12.1 Å². The van der Waals surface area contributed by atoms with Crippen LogP contribution >= 0.6 is 11.6 Å². The minimum atomic E-state index is -4.45. The van der Waals surface area contributed by atoms with Crippen molar-refractivity contribution in [3.8, 4) is 0 Å². The summed E-state index contributed by atoms with van der Waals surface area (Å²) in [5, 5.41) is 0. The molecule has 0 aliphatic heterocycles. The van der Waals surface area contributed by atoms with E-state index in [1.165, 1.54) is 6.07 Å². The summed E-state index contributed by atoms with van der Waals surface area (Å²) in [7, 11) is 0. The first-order valence-corrected chi connectivity index (χ1v) is 4.53. The van der Waals surface area contributed by atoms with E-state index in [0.29, 0.717) is 11.3 Å². The van der Waals surface area contributed by atoms with Crippen molar-refractivity contribution >= 4 is 22.8 Å². The lowest BCUT2D eigenvalue weighted by atomic mass is 10.3. The van der Waals surface area contributed by atoms with Gasteiger partial charge in [-0.15, -0.1) is 11.6 Å². The van der Waals surface area contributed by atoms with Gasteiger partial charge in [0.2, 0.25) is 0 Å². The Morgan fingerprint density at radius 3 is 2.60 bits per heavy atom. The van der Waals surface area contributed by atoms with Crippen LogP contribution in [0.15, 0.2) is 12.1 Å². The summed E-state index contributed by atoms with van der Waals surface area (Å²) in [6.07, 6.45) is -4.45. The summed E-state index contributed by atoms with van der Waals surface area (Å²) in [6, 6.07) is 2.19. The minimum absolute atomic E-state index is 0.0282. The van der Waals surface area contributed by atoms with Gasteiger partial charge in [0, 0.05) is 0 Å². The van der Waals surface area contributed by atoms with Gasteiger partial charge in [-0.3, -0.25) is 0 Å². The number of nitrogens with zero attached hydrogens (tertiary/aromatic N) is 2. The Hall–Kier alpha value is -1.30. The third-order valence-electron chi connectivity index (χ3n) is 1.81. The zero-order valence-electron chi connectivity index (χ0n) is 7.27. The van der Waals surface area contributed by atoms with Crippen LogP contribution in [0, 0.1) is 0 Å². The van der Waals surface area contributed by atoms with Crippen LogP contribution in [0.25, 0.3) is 11.2 Å². The standard InChI is InChI=1S/C8H5ClF3N3/c9-3-6-13-4-1-2-5(8(10,11)12)14-7(4)15-6/h1-2H,3H2,(H,13,14,15). The van der Waals surface area contributed by atoms with Crippen molar-refractivity contribution in [1.82, 2.24) is 15.0 Å². The zero-order valence-corrected chi connectivity index (χ0v) is 8.02. The molecule has 7 heteroatoms. The summed E-state index contributed by atoms with van der Waals surface area (Å²) in [4.78, 5) is 9.95. The lowest BCUT2D eigenvalue weighted by Crippen LogP contribution is -2.07. The van der Waals surface area contributed by atoms with Crippen LogP contribution in [-0.2, 0) is 12.1 Å². The second-order valence-electron chi connectivity index (χ2n) is 2.88. The Morgan fingerprint density at radius 2 is 2.00 bits per heavy atom. The third kappa shape index (κ3) is 1.90. The first-order chi connectivity index (χ1) is 7.00. The van der Waals surface area contributed by atoms with Gasteiger partial charge in [0.15, 0.2) is 5.65 Å². The number of hydrogen-bond donors (Lipinski definition) is 1. The van der Waals surface area contributed by atoms with E-state index in [2.05, 4.69) is 15.0 Å². The van der Waals surface area contributed by atoms with Gasteiger partial charge < -0.3 is 4.98 Å². The fraction of sp³-hybridized carbons (Fsp3) is 0.250. The smallest absolute Gasteiger partial charge is 0.340 e. The van der Waals surface area contributed by atoms with Crippen molar-refractivity contribution in [2.45, 2.75) is 12.1 Å². The number of rotatable bonds is 1. The Labute approximate surface area is 87.3 Å². The normalized spacial score (nSPS) is 12.3. The molecule has 2 aromatic rings. The molecule has 0 aromatic carbocycles. The molecule has 0 spiro atoms. The van der Waals surface area contributed by atoms with Crippen molar-refractivity contribution in [2.75, 3.05) is 0 Å². The molecular weight excluding hydrogens is 231 g/mol. The number of alkyl halides is 4. The number of aromatic nitrogens is 3. The molecular formula is C8H5ClF3N3. The SMILES string of the molecule is FC(F)(F)c1ccc2[nH]c(CCl)nc2n1. The highest BCUT2D eigenvalue weighted by Crippen LogP contribution is 2.28. The van der Waals surface area contributed by atoms with Gasteiger partial charge in [0.05, 0.1) is 11.4 Å². The highest BCUT2D eigenvalue weighted by molar-refractivity contribution is 6.16. The number of pyridine rings is 1. The van der Waals surface area contributed by atoms with E-state index in [1.54, 1.807) is 0 Å². The number of hydrogen-bond acceptors (Lipinski definition) is 2. The number of halogens is 4. The molecule has 0 saturated carbocycles. The van der Waals surface area contributed by atoms with E-state index in [4.69, 9.17) is 11.6 Å². The van der Waals surface area contributed by atoms with Crippen molar-refractivity contribution in [2.24, 2.45) is 0 Å². The summed E-state index contributed by atoms with van der Waals surface area (Å²) >= 11 is 5.48. The van der Waals surface area contributed by atoms with Crippen molar-refractivity contribution < 1.29 is 13.2 Å². The van der Waals surface area contributed by atoms with E-state index in [1.807, 2.05) is 0 Å². The molecule has 80 valence electrons. The fourth-order valence-corrected chi connectivity index (χ4v) is 1.29. The predicted molar refractivity (Wildman–Crippen MR) is 48.4 cm³/mol. The van der Waals surface area contributed by atoms with Crippen LogP contribution < -0.4 is 0 Å². The van der Waals surface area contributed by atoms with Gasteiger partial charge in [-0.25, -0.2) is 9.97 Å². The number of aromatic amines is 1. The second kappa shape index (κ2) is 3.37. The maximum absolute atomic E-state index is 12.3. The fourth-order valence-electron chi connectivity index (χ4n) is 1.16. The molecule has 15 heavy (non-hydrogen) atoms. The molecule has 2 rings (SSSR count). The minimum Gasteiger partial charge on any atom is -0.340 e. The molecule has 3 nitrogen and oxygen atoms in total. The highest BCUT2D eigenvalue weighted by atomic mass is 35.5. The van der Waals surface area contributed by atoms with Crippen LogP contribution in [0.1, 0.15) is 11.5 Å². The average molecular weight is 236 g/mol. The molecule has 0 fully saturated rings. The number of fused-ring (bicyclic) bond motifs is 1. The molecule has 0 atom stereocenters. The van der Waals surface area contributed by atoms with Gasteiger partial charge in [0.25, 0.3) is 0 Å². The molecule has 0 bridgehead atoms. The lowest BCUT2D eigenvalue weighted by molar-refractivity contribution is -0.141. The van der Waals surface area contributed by atoms with Gasteiger partial charge in [0.1, 0.15) is 11.5 Å². The van der Waals surface area contributed by atoms with E-state index < -0.39 is 11.9 Å². The number of H-pyrrole nitrogens is 1. The Bertz CT molecular complexity index is 491. The summed E-state index contributed by atoms with van der Waals surface area (Å²) in [6.45, 7) is 0. The zero-order chi connectivity index (χ0) is 11.1. The van der Waals surface area contributed by atoms with Gasteiger partial charge in [-0.1, -0.05) is 0 Å². The quantitative estimate of drug-likeness (QED) is 0.772. The Morgan fingerprint density at radius 1 is 1.27 bits per heavy atom. The van der Waals surface area contributed by atoms with Crippen LogP contribution in [0.4, 0.5) is 13.2 Å². The molecule has 1 N–H and O–H groups in total. The third-order valence-corrected chi connectivity index (χ3v) is 2.07. The van der Waals surface area contributed by atoms with Gasteiger partial charge in [-0.2, -0.15) is 13.2 Å². The summed E-state index contributed by atoms with van der Waals surface area (Å²) in [5.74, 6) is 0.510. The summed E-state index contributed by atoms with van der Waals surface area (Å²) in [5.41, 5.74) is -0.484. The highest BCUT2D eigenvalue weighted by Gasteiger charge is 2.32. The predicted octanol–water partition coefficient (Wildman–Crippen LogP) is 2.72. The molecule has 0 radical (unpaired) electrons. The molecule has 0 aliphatic carbocycles. The average Bonchev–Trinajstić information content (AvgIpc) is 2.57. The van der Waals surface area contributed by atoms with E-state index in [-0.39, 0.29) is 11.5 Å². The van der Waals surface area contributed by atoms with Crippen molar-refractivity contribution in [3.05, 3.63) is 23.7 Å². The largest absolute Gasteiger partial charge is 0.433 e. The molecule has 0 unspecified atom stereocenters. The number of nitrogens with one attached hydrogen (secondary N) is 1. The van der Waals surface area contributed by atoms with Crippen molar-refractivity contribution in [3.63, 3.8) is 0 Å². The maximum Gasteiger partial charge on any atom is 0.433 e. The molecule has 0 aliphatic rings. The number of imidazole rings is 1.